The van der Waals surface area contributed by atoms with Crippen LogP contribution in [0.25, 0.3) is 0 Å². The van der Waals surface area contributed by atoms with E-state index in [4.69, 9.17) is 14.2 Å². The molecule has 63 heavy (non-hydrogen) atoms. The fraction of sp³-hybridized carbons (Fsp3) is 0.772. The minimum absolute atomic E-state index is 0.0880. The van der Waals surface area contributed by atoms with Gasteiger partial charge in [0.25, 0.3) is 0 Å². The van der Waals surface area contributed by atoms with E-state index >= 15 is 0 Å². The van der Waals surface area contributed by atoms with Crippen molar-refractivity contribution in [1.82, 2.24) is 0 Å². The molecule has 0 spiro atoms. The average molecular weight is 881 g/mol. The Morgan fingerprint density at radius 1 is 0.317 bits per heavy atom. The molecule has 0 amide bonds. The van der Waals surface area contributed by atoms with Crippen molar-refractivity contribution in [2.75, 3.05) is 13.2 Å². The van der Waals surface area contributed by atoms with Crippen molar-refractivity contribution in [1.29, 1.82) is 0 Å². The van der Waals surface area contributed by atoms with Gasteiger partial charge in [-0.15, -0.1) is 0 Å². The Hall–Kier alpha value is -2.89. The number of hydrogen-bond acceptors (Lipinski definition) is 6. The molecule has 0 saturated carbocycles. The Bertz CT molecular complexity index is 1150. The van der Waals surface area contributed by atoms with Crippen LogP contribution in [0, 0.1) is 0 Å². The number of carbonyl (C=O) groups excluding carboxylic acids is 3. The zero-order valence-electron chi connectivity index (χ0n) is 41.6. The molecule has 0 aromatic heterocycles. The lowest BCUT2D eigenvalue weighted by Crippen LogP contribution is -2.30. The van der Waals surface area contributed by atoms with Crippen LogP contribution in [-0.2, 0) is 28.6 Å². The van der Waals surface area contributed by atoms with Gasteiger partial charge >= 0.3 is 17.9 Å². The molecule has 0 rings (SSSR count). The van der Waals surface area contributed by atoms with Crippen molar-refractivity contribution < 1.29 is 28.6 Å². The summed E-state index contributed by atoms with van der Waals surface area (Å²) < 4.78 is 16.8. The molecule has 0 heterocycles. The van der Waals surface area contributed by atoms with Crippen LogP contribution in [-0.4, -0.2) is 37.2 Å². The Balaban J connectivity index is 4.43. The molecule has 0 aliphatic rings. The van der Waals surface area contributed by atoms with Gasteiger partial charge in [0.15, 0.2) is 6.10 Å². The topological polar surface area (TPSA) is 78.9 Å². The van der Waals surface area contributed by atoms with Crippen molar-refractivity contribution in [2.24, 2.45) is 0 Å². The molecular formula is C57H100O6. The van der Waals surface area contributed by atoms with E-state index < -0.39 is 6.10 Å². The van der Waals surface area contributed by atoms with Gasteiger partial charge in [0.1, 0.15) is 13.2 Å². The first-order valence-corrected chi connectivity index (χ1v) is 26.8. The zero-order chi connectivity index (χ0) is 45.8. The third-order valence-corrected chi connectivity index (χ3v) is 11.6. The zero-order valence-corrected chi connectivity index (χ0v) is 41.6. The highest BCUT2D eigenvalue weighted by Gasteiger charge is 2.19. The second kappa shape index (κ2) is 51.7. The monoisotopic (exact) mass is 881 g/mol. The Kier molecular flexibility index (Phi) is 49.4. The van der Waals surface area contributed by atoms with Crippen molar-refractivity contribution in [2.45, 2.75) is 271 Å². The van der Waals surface area contributed by atoms with Crippen LogP contribution >= 0.6 is 0 Å². The summed E-state index contributed by atoms with van der Waals surface area (Å²) in [6.07, 6.45) is 63.4. The van der Waals surface area contributed by atoms with Crippen LogP contribution in [0.1, 0.15) is 265 Å². The van der Waals surface area contributed by atoms with Crippen LogP contribution in [0.15, 0.2) is 60.8 Å². The average Bonchev–Trinajstić information content (AvgIpc) is 3.28. The van der Waals surface area contributed by atoms with E-state index in [2.05, 4.69) is 81.5 Å². The fourth-order valence-corrected chi connectivity index (χ4v) is 7.51. The van der Waals surface area contributed by atoms with E-state index in [1.165, 1.54) is 128 Å². The fourth-order valence-electron chi connectivity index (χ4n) is 7.51. The lowest BCUT2D eigenvalue weighted by Gasteiger charge is -2.18. The summed E-state index contributed by atoms with van der Waals surface area (Å²) in [6.45, 7) is 6.57. The molecule has 0 aliphatic heterocycles. The van der Waals surface area contributed by atoms with Gasteiger partial charge in [0, 0.05) is 19.3 Å². The first-order chi connectivity index (χ1) is 31.0. The number of allylic oxidation sites excluding steroid dienone is 10. The Morgan fingerprint density at radius 2 is 0.587 bits per heavy atom. The van der Waals surface area contributed by atoms with E-state index in [-0.39, 0.29) is 31.1 Å². The van der Waals surface area contributed by atoms with Gasteiger partial charge in [-0.1, -0.05) is 236 Å². The molecule has 0 saturated heterocycles. The highest BCUT2D eigenvalue weighted by molar-refractivity contribution is 5.71. The summed E-state index contributed by atoms with van der Waals surface area (Å²) in [7, 11) is 0. The lowest BCUT2D eigenvalue weighted by atomic mass is 10.0. The lowest BCUT2D eigenvalue weighted by molar-refractivity contribution is -0.167. The summed E-state index contributed by atoms with van der Waals surface area (Å²) in [5, 5.41) is 0. The van der Waals surface area contributed by atoms with E-state index in [1.807, 2.05) is 0 Å². The summed E-state index contributed by atoms with van der Waals surface area (Å²) in [4.78, 5) is 38.0. The summed E-state index contributed by atoms with van der Waals surface area (Å²) in [5.74, 6) is -0.918. The molecule has 1 unspecified atom stereocenters. The Morgan fingerprint density at radius 3 is 0.984 bits per heavy atom. The standard InChI is InChI=1S/C57H100O6/c1-4-7-10-13-16-19-22-25-27-28-29-30-33-35-38-41-44-47-50-56(59)62-53-54(52-61-55(58)49-46-43-40-37-34-31-24-21-18-15-12-9-6-3)63-57(60)51-48-45-42-39-36-32-26-23-20-17-14-11-8-5-2/h16,19,22,25,27-31,34,54H,4-15,17-18,20-21,23-24,26,32-33,35-53H2,1-3H3/b19-16-,25-22-,28-27-,30-29-,34-31-. The normalized spacial score (nSPS) is 12.5. The number of esters is 3. The summed E-state index contributed by atoms with van der Waals surface area (Å²) in [6, 6.07) is 0. The summed E-state index contributed by atoms with van der Waals surface area (Å²) >= 11 is 0. The van der Waals surface area contributed by atoms with Crippen molar-refractivity contribution in [3.63, 3.8) is 0 Å². The number of ether oxygens (including phenoxy) is 3. The largest absolute Gasteiger partial charge is 0.462 e. The molecule has 1 atom stereocenters. The van der Waals surface area contributed by atoms with Crippen LogP contribution in [0.2, 0.25) is 0 Å². The number of unbranched alkanes of at least 4 members (excludes halogenated alkanes) is 30. The van der Waals surface area contributed by atoms with Crippen LogP contribution in [0.4, 0.5) is 0 Å². The van der Waals surface area contributed by atoms with Gasteiger partial charge in [-0.05, 0) is 70.6 Å². The Labute approximate surface area is 390 Å². The van der Waals surface area contributed by atoms with Crippen LogP contribution in [0.3, 0.4) is 0 Å². The van der Waals surface area contributed by atoms with Crippen LogP contribution < -0.4 is 0 Å². The highest BCUT2D eigenvalue weighted by atomic mass is 16.6. The molecule has 0 bridgehead atoms. The highest BCUT2D eigenvalue weighted by Crippen LogP contribution is 2.15. The molecule has 0 fully saturated rings. The van der Waals surface area contributed by atoms with Crippen LogP contribution in [0.5, 0.6) is 0 Å². The molecule has 364 valence electrons. The van der Waals surface area contributed by atoms with Gasteiger partial charge in [-0.2, -0.15) is 0 Å². The van der Waals surface area contributed by atoms with Gasteiger partial charge in [-0.3, -0.25) is 14.4 Å². The molecular weight excluding hydrogens is 781 g/mol. The van der Waals surface area contributed by atoms with E-state index in [0.29, 0.717) is 19.3 Å². The predicted molar refractivity (Wildman–Crippen MR) is 270 cm³/mol. The van der Waals surface area contributed by atoms with Crippen molar-refractivity contribution in [3.05, 3.63) is 60.8 Å². The molecule has 0 radical (unpaired) electrons. The molecule has 0 aliphatic carbocycles. The van der Waals surface area contributed by atoms with E-state index in [0.717, 1.165) is 96.3 Å². The second-order valence-corrected chi connectivity index (χ2v) is 17.9. The number of hydrogen-bond donors (Lipinski definition) is 0. The summed E-state index contributed by atoms with van der Waals surface area (Å²) in [5.41, 5.74) is 0. The molecule has 6 nitrogen and oxygen atoms in total. The third kappa shape index (κ3) is 50.0. The molecule has 0 N–H and O–H groups in total. The first-order valence-electron chi connectivity index (χ1n) is 26.8. The maximum atomic E-state index is 12.8. The molecule has 0 aromatic rings. The van der Waals surface area contributed by atoms with Gasteiger partial charge in [-0.25, -0.2) is 0 Å². The van der Waals surface area contributed by atoms with Gasteiger partial charge in [0.05, 0.1) is 0 Å². The molecule has 6 heteroatoms. The maximum absolute atomic E-state index is 12.8. The third-order valence-electron chi connectivity index (χ3n) is 11.6. The minimum Gasteiger partial charge on any atom is -0.462 e. The molecule has 0 aromatic carbocycles. The predicted octanol–water partition coefficient (Wildman–Crippen LogP) is 17.6. The van der Waals surface area contributed by atoms with Crippen molar-refractivity contribution >= 4 is 17.9 Å². The quantitative estimate of drug-likeness (QED) is 0.0199. The smallest absolute Gasteiger partial charge is 0.306 e. The maximum Gasteiger partial charge on any atom is 0.306 e. The SMILES string of the molecule is CCCCC\C=C/C=C\C=C/C=C\CCCCCCCC(=O)OCC(COC(=O)CCCCC/C=C\CCCCCCCC)OC(=O)CCCCCCCCCCCCCCCC. The van der Waals surface area contributed by atoms with E-state index in [1.54, 1.807) is 0 Å². The van der Waals surface area contributed by atoms with Gasteiger partial charge < -0.3 is 14.2 Å². The number of rotatable bonds is 48. The van der Waals surface area contributed by atoms with Gasteiger partial charge in [0.2, 0.25) is 0 Å². The minimum atomic E-state index is -0.787. The van der Waals surface area contributed by atoms with Crippen molar-refractivity contribution in [3.8, 4) is 0 Å². The second-order valence-electron chi connectivity index (χ2n) is 17.9. The number of carbonyl (C=O) groups is 3. The van der Waals surface area contributed by atoms with E-state index in [9.17, 15) is 14.4 Å². The first kappa shape index (κ1) is 60.1.